The SMILES string of the molecule is CCC(=O)N(C(C)C1CCCCC1)[Si](C)(C)C. The minimum Gasteiger partial charge on any atom is -0.367 e. The summed E-state index contributed by atoms with van der Waals surface area (Å²) in [4.78, 5) is 12.2. The first-order valence-corrected chi connectivity index (χ1v) is 10.6. The Morgan fingerprint density at radius 2 is 1.76 bits per heavy atom. The molecule has 1 aliphatic carbocycles. The van der Waals surface area contributed by atoms with Crippen LogP contribution in [0.1, 0.15) is 52.4 Å². The monoisotopic (exact) mass is 255 g/mol. The van der Waals surface area contributed by atoms with E-state index in [9.17, 15) is 4.79 Å². The van der Waals surface area contributed by atoms with Gasteiger partial charge in [0.15, 0.2) is 8.24 Å². The van der Waals surface area contributed by atoms with Crippen LogP contribution in [0.3, 0.4) is 0 Å². The molecule has 1 rings (SSSR count). The van der Waals surface area contributed by atoms with Gasteiger partial charge in [-0.3, -0.25) is 4.79 Å². The van der Waals surface area contributed by atoms with Crippen molar-refractivity contribution < 1.29 is 4.79 Å². The van der Waals surface area contributed by atoms with Crippen LogP contribution in [0.15, 0.2) is 0 Å². The van der Waals surface area contributed by atoms with E-state index in [1.165, 1.54) is 32.1 Å². The molecule has 0 bridgehead atoms. The number of hydrogen-bond acceptors (Lipinski definition) is 1. The molecule has 0 aromatic heterocycles. The van der Waals surface area contributed by atoms with Crippen LogP contribution in [0.25, 0.3) is 0 Å². The Morgan fingerprint density at radius 1 is 1.24 bits per heavy atom. The van der Waals surface area contributed by atoms with Crippen molar-refractivity contribution in [3.8, 4) is 0 Å². The first kappa shape index (κ1) is 14.7. The van der Waals surface area contributed by atoms with Crippen LogP contribution in [-0.2, 0) is 4.79 Å². The summed E-state index contributed by atoms with van der Waals surface area (Å²) < 4.78 is 2.27. The smallest absolute Gasteiger partial charge is 0.214 e. The quantitative estimate of drug-likeness (QED) is 0.695. The lowest BCUT2D eigenvalue weighted by Crippen LogP contribution is -2.56. The number of amides is 1. The second-order valence-corrected chi connectivity index (χ2v) is 11.3. The van der Waals surface area contributed by atoms with E-state index in [0.717, 1.165) is 5.92 Å². The van der Waals surface area contributed by atoms with Crippen LogP contribution >= 0.6 is 0 Å². The molecule has 0 aromatic rings. The number of rotatable bonds is 4. The van der Waals surface area contributed by atoms with Gasteiger partial charge in [-0.25, -0.2) is 0 Å². The molecule has 3 heteroatoms. The molecule has 2 nitrogen and oxygen atoms in total. The van der Waals surface area contributed by atoms with Gasteiger partial charge >= 0.3 is 0 Å². The van der Waals surface area contributed by atoms with E-state index in [1.807, 2.05) is 6.92 Å². The lowest BCUT2D eigenvalue weighted by Gasteiger charge is -2.44. The maximum Gasteiger partial charge on any atom is 0.214 e. The van der Waals surface area contributed by atoms with Crippen LogP contribution in [0.2, 0.25) is 19.6 Å². The zero-order valence-corrected chi connectivity index (χ0v) is 13.3. The molecule has 1 amide bonds. The van der Waals surface area contributed by atoms with Crippen LogP contribution in [0, 0.1) is 5.92 Å². The average Bonchev–Trinajstić information content (AvgIpc) is 2.28. The lowest BCUT2D eigenvalue weighted by molar-refractivity contribution is -0.129. The van der Waals surface area contributed by atoms with Gasteiger partial charge in [0.2, 0.25) is 5.91 Å². The second-order valence-electron chi connectivity index (χ2n) is 6.43. The summed E-state index contributed by atoms with van der Waals surface area (Å²) in [6, 6.07) is 0.453. The Labute approximate surface area is 108 Å². The molecule has 1 atom stereocenters. The van der Waals surface area contributed by atoms with Crippen molar-refractivity contribution in [2.24, 2.45) is 5.92 Å². The van der Waals surface area contributed by atoms with Gasteiger partial charge < -0.3 is 4.57 Å². The minimum absolute atomic E-state index is 0.363. The molecule has 1 unspecified atom stereocenters. The molecule has 0 radical (unpaired) electrons. The van der Waals surface area contributed by atoms with E-state index in [-0.39, 0.29) is 0 Å². The van der Waals surface area contributed by atoms with Crippen molar-refractivity contribution in [2.75, 3.05) is 0 Å². The summed E-state index contributed by atoms with van der Waals surface area (Å²) in [6.07, 6.45) is 7.39. The van der Waals surface area contributed by atoms with Gasteiger partial charge in [-0.15, -0.1) is 0 Å². The van der Waals surface area contributed by atoms with E-state index in [4.69, 9.17) is 0 Å². The summed E-state index contributed by atoms with van der Waals surface area (Å²) in [6.45, 7) is 11.1. The molecule has 1 saturated carbocycles. The Balaban J connectivity index is 2.78. The van der Waals surface area contributed by atoms with Gasteiger partial charge in [-0.05, 0) is 25.7 Å². The first-order valence-electron chi connectivity index (χ1n) is 7.20. The molecule has 0 aliphatic heterocycles. The molecule has 100 valence electrons. The van der Waals surface area contributed by atoms with Crippen molar-refractivity contribution >= 4 is 14.1 Å². The molecule has 0 saturated heterocycles. The van der Waals surface area contributed by atoms with E-state index >= 15 is 0 Å². The van der Waals surface area contributed by atoms with Crippen molar-refractivity contribution in [3.05, 3.63) is 0 Å². The summed E-state index contributed by atoms with van der Waals surface area (Å²) in [7, 11) is -1.53. The van der Waals surface area contributed by atoms with Crippen molar-refractivity contribution in [3.63, 3.8) is 0 Å². The van der Waals surface area contributed by atoms with Gasteiger partial charge in [0, 0.05) is 12.5 Å². The van der Waals surface area contributed by atoms with E-state index in [1.54, 1.807) is 0 Å². The zero-order chi connectivity index (χ0) is 13.1. The maximum atomic E-state index is 12.2. The Bertz CT molecular complexity index is 253. The first-order chi connectivity index (χ1) is 7.88. The fraction of sp³-hybridized carbons (Fsp3) is 0.929. The predicted molar refractivity (Wildman–Crippen MR) is 76.5 cm³/mol. The summed E-state index contributed by atoms with van der Waals surface area (Å²) in [5.41, 5.74) is 0. The molecular formula is C14H29NOSi. The molecule has 1 aliphatic rings. The number of hydrogen-bond donors (Lipinski definition) is 0. The normalized spacial score (nSPS) is 20.1. The standard InChI is InChI=1S/C14H29NOSi/c1-6-14(16)15(17(3,4)5)12(2)13-10-8-7-9-11-13/h12-13H,6-11H2,1-5H3. The van der Waals surface area contributed by atoms with Gasteiger partial charge in [0.1, 0.15) is 0 Å². The molecular weight excluding hydrogens is 226 g/mol. The van der Waals surface area contributed by atoms with Gasteiger partial charge in [-0.2, -0.15) is 0 Å². The number of carbonyl (C=O) groups excluding carboxylic acids is 1. The highest BCUT2D eigenvalue weighted by molar-refractivity contribution is 6.75. The highest BCUT2D eigenvalue weighted by Crippen LogP contribution is 2.31. The van der Waals surface area contributed by atoms with Crippen LogP contribution in [-0.4, -0.2) is 24.7 Å². The van der Waals surface area contributed by atoms with E-state index in [0.29, 0.717) is 18.4 Å². The zero-order valence-electron chi connectivity index (χ0n) is 12.3. The summed E-state index contributed by atoms with van der Waals surface area (Å²) in [5, 5.41) is 0. The molecule has 1 fully saturated rings. The van der Waals surface area contributed by atoms with Crippen LogP contribution in [0.5, 0.6) is 0 Å². The van der Waals surface area contributed by atoms with Crippen LogP contribution < -0.4 is 0 Å². The largest absolute Gasteiger partial charge is 0.367 e. The second kappa shape index (κ2) is 6.03. The Kier molecular flexibility index (Phi) is 5.23. The lowest BCUT2D eigenvalue weighted by atomic mass is 9.84. The summed E-state index contributed by atoms with van der Waals surface area (Å²) >= 11 is 0. The Morgan fingerprint density at radius 3 is 2.18 bits per heavy atom. The topological polar surface area (TPSA) is 20.3 Å². The maximum absolute atomic E-state index is 12.2. The van der Waals surface area contributed by atoms with E-state index in [2.05, 4.69) is 31.1 Å². The highest BCUT2D eigenvalue weighted by Gasteiger charge is 2.35. The fourth-order valence-corrected chi connectivity index (χ4v) is 5.55. The van der Waals surface area contributed by atoms with Crippen molar-refractivity contribution in [1.29, 1.82) is 0 Å². The minimum atomic E-state index is -1.53. The van der Waals surface area contributed by atoms with E-state index < -0.39 is 8.24 Å². The fourth-order valence-electron chi connectivity index (χ4n) is 3.21. The van der Waals surface area contributed by atoms with Crippen molar-refractivity contribution in [2.45, 2.75) is 78.1 Å². The summed E-state index contributed by atoms with van der Waals surface area (Å²) in [5.74, 6) is 1.10. The van der Waals surface area contributed by atoms with Gasteiger partial charge in [0.25, 0.3) is 0 Å². The molecule has 17 heavy (non-hydrogen) atoms. The molecule has 0 spiro atoms. The Hall–Kier alpha value is -0.313. The third kappa shape index (κ3) is 3.83. The number of nitrogens with zero attached hydrogens (tertiary/aromatic N) is 1. The third-order valence-corrected chi connectivity index (χ3v) is 6.14. The average molecular weight is 255 g/mol. The van der Waals surface area contributed by atoms with Gasteiger partial charge in [0.05, 0.1) is 0 Å². The molecule has 0 aromatic carbocycles. The van der Waals surface area contributed by atoms with Gasteiger partial charge in [-0.1, -0.05) is 45.8 Å². The van der Waals surface area contributed by atoms with Crippen molar-refractivity contribution in [1.82, 2.24) is 4.57 Å². The highest BCUT2D eigenvalue weighted by atomic mass is 28.3. The predicted octanol–water partition coefficient (Wildman–Crippen LogP) is 4.03. The molecule has 0 N–H and O–H groups in total. The third-order valence-electron chi connectivity index (χ3n) is 4.03. The van der Waals surface area contributed by atoms with Crippen LogP contribution in [0.4, 0.5) is 0 Å². The molecule has 0 heterocycles. The number of carbonyl (C=O) groups is 1.